The minimum atomic E-state index is -0.220. The van der Waals surface area contributed by atoms with Crippen LogP contribution in [-0.2, 0) is 0 Å². The summed E-state index contributed by atoms with van der Waals surface area (Å²) < 4.78 is 1.79. The zero-order valence-electron chi connectivity index (χ0n) is 16.9. The summed E-state index contributed by atoms with van der Waals surface area (Å²) in [6, 6.07) is 19.3. The number of fused-ring (bicyclic) bond motifs is 1. The van der Waals surface area contributed by atoms with E-state index in [1.807, 2.05) is 67.6 Å². The van der Waals surface area contributed by atoms with Crippen molar-refractivity contribution in [3.05, 3.63) is 77.9 Å². The van der Waals surface area contributed by atoms with Crippen LogP contribution in [0.4, 0.5) is 0 Å². The van der Waals surface area contributed by atoms with Crippen LogP contribution in [0.5, 0.6) is 0 Å². The van der Waals surface area contributed by atoms with Crippen molar-refractivity contribution in [1.29, 1.82) is 0 Å². The second-order valence-corrected chi connectivity index (χ2v) is 7.39. The molecule has 2 N–H and O–H groups in total. The second kappa shape index (κ2) is 7.91. The highest BCUT2D eigenvalue weighted by atomic mass is 16.2. The Morgan fingerprint density at radius 1 is 1.14 bits per heavy atom. The maximum atomic E-state index is 13.0. The van der Waals surface area contributed by atoms with Gasteiger partial charge in [0.1, 0.15) is 5.82 Å². The van der Waals surface area contributed by atoms with Crippen molar-refractivity contribution in [2.45, 2.75) is 33.2 Å². The molecule has 2 aromatic carbocycles. The van der Waals surface area contributed by atoms with Gasteiger partial charge in [0.25, 0.3) is 5.91 Å². The van der Waals surface area contributed by atoms with Gasteiger partial charge in [0.05, 0.1) is 22.8 Å². The Labute approximate surface area is 170 Å². The number of hydrogen-bond donors (Lipinski definition) is 2. The lowest BCUT2D eigenvalue weighted by molar-refractivity contribution is 0.0915. The third kappa shape index (κ3) is 3.78. The van der Waals surface area contributed by atoms with E-state index in [0.29, 0.717) is 5.69 Å². The van der Waals surface area contributed by atoms with Gasteiger partial charge in [0, 0.05) is 5.69 Å². The predicted octanol–water partition coefficient (Wildman–Crippen LogP) is 4.57. The first-order valence-electron chi connectivity index (χ1n) is 9.94. The van der Waals surface area contributed by atoms with Crippen LogP contribution in [0.15, 0.2) is 60.7 Å². The van der Waals surface area contributed by atoms with Gasteiger partial charge >= 0.3 is 0 Å². The Morgan fingerprint density at radius 2 is 1.86 bits per heavy atom. The first-order chi connectivity index (χ1) is 14.1. The number of aromatic amines is 1. The first kappa shape index (κ1) is 18.9. The Kier molecular flexibility index (Phi) is 5.16. The molecule has 0 spiro atoms. The molecule has 6 nitrogen and oxygen atoms in total. The Morgan fingerprint density at radius 3 is 2.59 bits per heavy atom. The van der Waals surface area contributed by atoms with Crippen molar-refractivity contribution in [3.8, 4) is 5.69 Å². The lowest BCUT2D eigenvalue weighted by Gasteiger charge is -2.22. The molecule has 2 aromatic heterocycles. The largest absolute Gasteiger partial charge is 0.340 e. The fourth-order valence-corrected chi connectivity index (χ4v) is 3.47. The van der Waals surface area contributed by atoms with Gasteiger partial charge in [-0.25, -0.2) is 9.67 Å². The minimum absolute atomic E-state index is 0.200. The molecule has 0 bridgehead atoms. The minimum Gasteiger partial charge on any atom is -0.340 e. The van der Waals surface area contributed by atoms with Crippen molar-refractivity contribution in [3.63, 3.8) is 0 Å². The topological polar surface area (TPSA) is 75.6 Å². The van der Waals surface area contributed by atoms with Gasteiger partial charge in [-0.05, 0) is 43.2 Å². The van der Waals surface area contributed by atoms with Crippen LogP contribution < -0.4 is 5.32 Å². The van der Waals surface area contributed by atoms with E-state index in [1.165, 1.54) is 0 Å². The van der Waals surface area contributed by atoms with Gasteiger partial charge in [-0.1, -0.05) is 50.6 Å². The molecule has 6 heteroatoms. The molecule has 4 aromatic rings. The van der Waals surface area contributed by atoms with Crippen LogP contribution in [0, 0.1) is 12.8 Å². The molecular weight excluding hydrogens is 362 g/mol. The normalized spacial score (nSPS) is 13.3. The van der Waals surface area contributed by atoms with Crippen molar-refractivity contribution < 1.29 is 4.79 Å². The maximum absolute atomic E-state index is 13.0. The highest BCUT2D eigenvalue weighted by Crippen LogP contribution is 2.25. The third-order valence-electron chi connectivity index (χ3n) is 5.32. The van der Waals surface area contributed by atoms with E-state index in [4.69, 9.17) is 4.98 Å². The lowest BCUT2D eigenvalue weighted by atomic mass is 9.98. The number of hydrogen-bond acceptors (Lipinski definition) is 3. The number of para-hydroxylation sites is 3. The molecule has 2 heterocycles. The van der Waals surface area contributed by atoms with Crippen molar-refractivity contribution in [2.75, 3.05) is 0 Å². The Balaban J connectivity index is 1.62. The first-order valence-corrected chi connectivity index (χ1v) is 9.94. The number of H-pyrrole nitrogens is 1. The summed E-state index contributed by atoms with van der Waals surface area (Å²) in [6.07, 6.45) is 0.916. The van der Waals surface area contributed by atoms with Gasteiger partial charge in [0.2, 0.25) is 0 Å². The summed E-state index contributed by atoms with van der Waals surface area (Å²) in [6.45, 7) is 6.18. The number of aromatic nitrogens is 4. The van der Waals surface area contributed by atoms with Crippen molar-refractivity contribution >= 4 is 16.9 Å². The molecule has 0 aliphatic carbocycles. The second-order valence-electron chi connectivity index (χ2n) is 7.39. The summed E-state index contributed by atoms with van der Waals surface area (Å²) in [5.41, 5.74) is 4.10. The van der Waals surface area contributed by atoms with Crippen molar-refractivity contribution in [1.82, 2.24) is 25.1 Å². The SMILES string of the molecule is CCC(C)C(NC(=O)c1cc(C)n(-c2ccccc2)n1)c1nc2ccccc2[nH]1. The predicted molar refractivity (Wildman–Crippen MR) is 114 cm³/mol. The maximum Gasteiger partial charge on any atom is 0.272 e. The number of benzene rings is 2. The smallest absolute Gasteiger partial charge is 0.272 e. The molecule has 0 radical (unpaired) electrons. The van der Waals surface area contributed by atoms with E-state index < -0.39 is 0 Å². The van der Waals surface area contributed by atoms with E-state index in [0.717, 1.165) is 34.7 Å². The van der Waals surface area contributed by atoms with E-state index >= 15 is 0 Å². The molecule has 0 saturated heterocycles. The average Bonchev–Trinajstić information content (AvgIpc) is 3.35. The molecule has 29 heavy (non-hydrogen) atoms. The number of aryl methyl sites for hydroxylation is 1. The van der Waals surface area contributed by atoms with Gasteiger partial charge in [-0.3, -0.25) is 4.79 Å². The number of carbonyl (C=O) groups excluding carboxylic acids is 1. The van der Waals surface area contributed by atoms with Gasteiger partial charge in [0.15, 0.2) is 5.69 Å². The van der Waals surface area contributed by atoms with E-state index in [-0.39, 0.29) is 17.9 Å². The fourth-order valence-electron chi connectivity index (χ4n) is 3.47. The van der Waals surface area contributed by atoms with Gasteiger partial charge in [-0.2, -0.15) is 5.10 Å². The van der Waals surface area contributed by atoms with Crippen LogP contribution in [-0.4, -0.2) is 25.7 Å². The van der Waals surface area contributed by atoms with Crippen LogP contribution in [0.25, 0.3) is 16.7 Å². The summed E-state index contributed by atoms with van der Waals surface area (Å²) >= 11 is 0. The quantitative estimate of drug-likeness (QED) is 0.509. The monoisotopic (exact) mass is 387 g/mol. The molecule has 148 valence electrons. The third-order valence-corrected chi connectivity index (χ3v) is 5.32. The van der Waals surface area contributed by atoms with Crippen LogP contribution >= 0.6 is 0 Å². The zero-order valence-corrected chi connectivity index (χ0v) is 16.9. The molecular formula is C23H25N5O. The summed E-state index contributed by atoms with van der Waals surface area (Å²) in [5, 5.41) is 7.67. The van der Waals surface area contributed by atoms with Crippen molar-refractivity contribution in [2.24, 2.45) is 5.92 Å². The summed E-state index contributed by atoms with van der Waals surface area (Å²) in [4.78, 5) is 21.1. The van der Waals surface area contributed by atoms with Crippen LogP contribution in [0.2, 0.25) is 0 Å². The summed E-state index contributed by atoms with van der Waals surface area (Å²) in [7, 11) is 0. The molecule has 0 saturated carbocycles. The van der Waals surface area contributed by atoms with E-state index in [2.05, 4.69) is 29.2 Å². The number of carbonyl (C=O) groups is 1. The standard InChI is InChI=1S/C23H25N5O/c1-4-15(2)21(22-24-18-12-8-9-13-19(18)25-22)26-23(29)20-14-16(3)28(27-20)17-10-6-5-7-11-17/h5-15,21H,4H2,1-3H3,(H,24,25)(H,26,29). The molecule has 4 rings (SSSR count). The number of rotatable bonds is 6. The molecule has 2 atom stereocenters. The number of nitrogens with one attached hydrogen (secondary N) is 2. The fraction of sp³-hybridized carbons (Fsp3) is 0.261. The Bertz CT molecular complexity index is 1100. The number of nitrogens with zero attached hydrogens (tertiary/aromatic N) is 3. The molecule has 0 aliphatic rings. The van der Waals surface area contributed by atoms with E-state index in [1.54, 1.807) is 4.68 Å². The van der Waals surface area contributed by atoms with Crippen LogP contribution in [0.1, 0.15) is 48.3 Å². The molecule has 2 unspecified atom stereocenters. The highest BCUT2D eigenvalue weighted by Gasteiger charge is 2.25. The summed E-state index contributed by atoms with van der Waals surface area (Å²) in [5.74, 6) is 0.790. The van der Waals surface area contributed by atoms with Gasteiger partial charge in [-0.15, -0.1) is 0 Å². The lowest BCUT2D eigenvalue weighted by Crippen LogP contribution is -2.33. The number of amides is 1. The molecule has 1 amide bonds. The van der Waals surface area contributed by atoms with E-state index in [9.17, 15) is 4.79 Å². The molecule has 0 fully saturated rings. The Hall–Kier alpha value is -3.41. The highest BCUT2D eigenvalue weighted by molar-refractivity contribution is 5.92. The average molecular weight is 387 g/mol. The number of imidazole rings is 1. The zero-order chi connectivity index (χ0) is 20.4. The molecule has 0 aliphatic heterocycles. The van der Waals surface area contributed by atoms with Crippen LogP contribution in [0.3, 0.4) is 0 Å². The van der Waals surface area contributed by atoms with Gasteiger partial charge < -0.3 is 10.3 Å².